The van der Waals surface area contributed by atoms with Crippen molar-refractivity contribution in [2.24, 2.45) is 11.8 Å². The fraction of sp³-hybridized carbons (Fsp3) is 0.536. The molecule has 14 heteroatoms. The van der Waals surface area contributed by atoms with E-state index in [0.29, 0.717) is 0 Å². The molecule has 4 saturated heterocycles. The number of rotatable bonds is 16. The summed E-state index contributed by atoms with van der Waals surface area (Å²) in [6.45, 7) is 15.4. The first-order valence-corrected chi connectivity index (χ1v) is 25.6. The number of nitrogens with zero attached hydrogens (tertiary/aromatic N) is 8. The van der Waals surface area contributed by atoms with E-state index in [2.05, 4.69) is 153 Å². The molecule has 70 heavy (non-hydrogen) atoms. The predicted octanol–water partition coefficient (Wildman–Crippen LogP) is 9.99. The molecule has 12 nitrogen and oxygen atoms in total. The molecule has 0 aliphatic carbocycles. The number of anilines is 2. The number of fused-ring (bicyclic) bond motifs is 2. The van der Waals surface area contributed by atoms with Crippen LogP contribution < -0.4 is 9.80 Å². The van der Waals surface area contributed by atoms with Gasteiger partial charge in [-0.3, -0.25) is 9.80 Å². The van der Waals surface area contributed by atoms with Gasteiger partial charge in [0.25, 0.3) is 0 Å². The molecule has 4 fully saturated rings. The molecule has 4 aliphatic rings. The molecule has 380 valence electrons. The quantitative estimate of drug-likeness (QED) is 0.0925. The first-order chi connectivity index (χ1) is 33.3. The molecule has 10 rings (SSSR count). The monoisotopic (exact) mass is 997 g/mol. The average Bonchev–Trinajstić information content (AvgIpc) is 3.99. The Labute approximate surface area is 429 Å². The van der Waals surface area contributed by atoms with Crippen molar-refractivity contribution >= 4 is 58.1 Å². The largest absolute Gasteiger partial charge is 0.378 e. The van der Waals surface area contributed by atoms with Crippen LogP contribution in [0, 0.1) is 11.8 Å². The van der Waals surface area contributed by atoms with Gasteiger partial charge in [0.2, 0.25) is 0 Å². The smallest absolute Gasteiger partial charge is 0.173 e. The minimum absolute atomic E-state index is 0. The molecule has 0 saturated carbocycles. The average molecular weight is 998 g/mol. The van der Waals surface area contributed by atoms with Crippen molar-refractivity contribution in [1.82, 2.24) is 29.9 Å². The number of halogens is 2. The minimum atomic E-state index is 0. The standard InChI is InChI=1S/2C28H38N4O2.2ClH/c2*1-30(2)21-25-27(32-16-18-33-19-17-32)11-9-24-26(29-34-28(24)25)10-8-22-12-14-31(15-13-22)20-23-6-4-3-5-7-23;;/h2*3-7,9,11,22H,8,10,12-21H2,1-2H3;2*1H. The van der Waals surface area contributed by atoms with Gasteiger partial charge in [-0.15, -0.1) is 24.8 Å². The Balaban J connectivity index is 0.000000201. The van der Waals surface area contributed by atoms with Crippen LogP contribution in [0.1, 0.15) is 72.2 Å². The molecule has 2 aromatic heterocycles. The number of benzene rings is 4. The Morgan fingerprint density at radius 1 is 0.486 bits per heavy atom. The van der Waals surface area contributed by atoms with E-state index in [1.807, 2.05) is 0 Å². The summed E-state index contributed by atoms with van der Waals surface area (Å²) in [5.41, 5.74) is 12.0. The summed E-state index contributed by atoms with van der Waals surface area (Å²) in [6.07, 6.45) is 9.46. The SMILES string of the molecule is CN(C)Cc1c(N2CCOCC2)ccc2c(CCC3CCN(Cc4ccccc4)CC3)noc12.CN(C)Cc1c(N2CCOCC2)ccc2c(CCC3CCN(Cc4ccccc4)CC3)noc12.Cl.Cl. The van der Waals surface area contributed by atoms with Gasteiger partial charge in [-0.1, -0.05) is 71.0 Å². The van der Waals surface area contributed by atoms with Crippen LogP contribution in [0.2, 0.25) is 0 Å². The number of hydrogen-bond acceptors (Lipinski definition) is 12. The molecule has 0 bridgehead atoms. The van der Waals surface area contributed by atoms with Crippen molar-refractivity contribution in [2.75, 3.05) is 117 Å². The van der Waals surface area contributed by atoms with Crippen molar-refractivity contribution in [2.45, 2.75) is 77.5 Å². The Hall–Kier alpha value is -4.24. The molecular formula is C56H78Cl2N8O4. The van der Waals surface area contributed by atoms with E-state index in [0.717, 1.165) is 126 Å². The molecule has 0 unspecified atom stereocenters. The molecule has 0 radical (unpaired) electrons. The lowest BCUT2D eigenvalue weighted by molar-refractivity contribution is 0.122. The van der Waals surface area contributed by atoms with Gasteiger partial charge in [-0.25, -0.2) is 0 Å². The fourth-order valence-electron chi connectivity index (χ4n) is 10.9. The van der Waals surface area contributed by atoms with Gasteiger partial charge in [0.1, 0.15) is 0 Å². The summed E-state index contributed by atoms with van der Waals surface area (Å²) in [7, 11) is 8.46. The third-order valence-corrected chi connectivity index (χ3v) is 14.7. The van der Waals surface area contributed by atoms with Gasteiger partial charge in [0, 0.05) is 85.6 Å². The van der Waals surface area contributed by atoms with Crippen LogP contribution in [-0.4, -0.2) is 137 Å². The first kappa shape index (κ1) is 53.6. The summed E-state index contributed by atoms with van der Waals surface area (Å²) in [6, 6.07) is 30.7. The van der Waals surface area contributed by atoms with Crippen molar-refractivity contribution < 1.29 is 18.5 Å². The number of aromatic nitrogens is 2. The van der Waals surface area contributed by atoms with Gasteiger partial charge >= 0.3 is 0 Å². The van der Waals surface area contributed by atoms with Crippen LogP contribution in [0.15, 0.2) is 94.0 Å². The number of likely N-dealkylation sites (tertiary alicyclic amines) is 2. The second-order valence-corrected chi connectivity index (χ2v) is 20.3. The lowest BCUT2D eigenvalue weighted by atomic mass is 9.91. The van der Waals surface area contributed by atoms with Crippen LogP contribution in [0.4, 0.5) is 11.4 Å². The highest BCUT2D eigenvalue weighted by molar-refractivity contribution is 5.88. The molecule has 6 aromatic rings. The maximum Gasteiger partial charge on any atom is 0.173 e. The van der Waals surface area contributed by atoms with Crippen molar-refractivity contribution in [3.63, 3.8) is 0 Å². The molecule has 0 atom stereocenters. The van der Waals surface area contributed by atoms with Gasteiger partial charge in [0.15, 0.2) is 11.2 Å². The summed E-state index contributed by atoms with van der Waals surface area (Å²) in [5.74, 6) is 1.54. The maximum absolute atomic E-state index is 5.99. The van der Waals surface area contributed by atoms with Crippen molar-refractivity contribution in [1.29, 1.82) is 0 Å². The number of piperidine rings is 2. The third-order valence-electron chi connectivity index (χ3n) is 14.7. The Morgan fingerprint density at radius 3 is 1.21 bits per heavy atom. The predicted molar refractivity (Wildman–Crippen MR) is 289 cm³/mol. The van der Waals surface area contributed by atoms with E-state index in [1.165, 1.54) is 109 Å². The van der Waals surface area contributed by atoms with Gasteiger partial charge in [-0.2, -0.15) is 0 Å². The fourth-order valence-corrected chi connectivity index (χ4v) is 10.9. The highest BCUT2D eigenvalue weighted by Gasteiger charge is 2.26. The summed E-state index contributed by atoms with van der Waals surface area (Å²) in [5, 5.41) is 11.5. The van der Waals surface area contributed by atoms with E-state index in [9.17, 15) is 0 Å². The third kappa shape index (κ3) is 14.0. The molecule has 4 aromatic carbocycles. The van der Waals surface area contributed by atoms with Gasteiger partial charge < -0.3 is 38.1 Å². The maximum atomic E-state index is 5.99. The zero-order chi connectivity index (χ0) is 46.7. The minimum Gasteiger partial charge on any atom is -0.378 e. The number of hydrogen-bond donors (Lipinski definition) is 0. The Bertz CT molecular complexity index is 2290. The van der Waals surface area contributed by atoms with E-state index >= 15 is 0 Å². The number of ether oxygens (including phenoxy) is 2. The second-order valence-electron chi connectivity index (χ2n) is 20.3. The van der Waals surface area contributed by atoms with Gasteiger partial charge in [-0.05, 0) is 153 Å². The van der Waals surface area contributed by atoms with E-state index in [4.69, 9.17) is 18.5 Å². The molecular weight excluding hydrogens is 920 g/mol. The van der Waals surface area contributed by atoms with Crippen LogP contribution in [0.3, 0.4) is 0 Å². The topological polar surface area (TPSA) is 90.0 Å². The van der Waals surface area contributed by atoms with Crippen LogP contribution in [0.25, 0.3) is 21.9 Å². The molecule has 6 heterocycles. The summed E-state index contributed by atoms with van der Waals surface area (Å²) >= 11 is 0. The zero-order valence-electron chi connectivity index (χ0n) is 42.2. The lowest BCUT2D eigenvalue weighted by Crippen LogP contribution is -2.37. The van der Waals surface area contributed by atoms with E-state index in [1.54, 1.807) is 0 Å². The number of aryl methyl sites for hydroxylation is 2. The Morgan fingerprint density at radius 2 is 0.857 bits per heavy atom. The lowest BCUT2D eigenvalue weighted by Gasteiger charge is -2.32. The molecule has 4 aliphatic heterocycles. The summed E-state index contributed by atoms with van der Waals surface area (Å²) in [4.78, 5) is 14.5. The molecule has 0 N–H and O–H groups in total. The van der Waals surface area contributed by atoms with Crippen LogP contribution in [0.5, 0.6) is 0 Å². The van der Waals surface area contributed by atoms with Crippen LogP contribution >= 0.6 is 24.8 Å². The first-order valence-electron chi connectivity index (χ1n) is 25.6. The zero-order valence-corrected chi connectivity index (χ0v) is 43.9. The van der Waals surface area contributed by atoms with E-state index < -0.39 is 0 Å². The summed E-state index contributed by atoms with van der Waals surface area (Å²) < 4.78 is 23.1. The van der Waals surface area contributed by atoms with Gasteiger partial charge in [0.05, 0.1) is 37.8 Å². The Kier molecular flexibility index (Phi) is 20.2. The van der Waals surface area contributed by atoms with Crippen LogP contribution in [-0.2, 0) is 48.5 Å². The molecule has 0 spiro atoms. The normalized spacial score (nSPS) is 17.7. The highest BCUT2D eigenvalue weighted by Crippen LogP contribution is 2.36. The highest BCUT2D eigenvalue weighted by atomic mass is 35.5. The second kappa shape index (κ2) is 26.5. The number of morpholine rings is 2. The van der Waals surface area contributed by atoms with Crippen molar-refractivity contribution in [3.05, 3.63) is 119 Å². The van der Waals surface area contributed by atoms with Crippen molar-refractivity contribution in [3.8, 4) is 0 Å². The molecule has 0 amide bonds. The van der Waals surface area contributed by atoms with E-state index in [-0.39, 0.29) is 24.8 Å².